The van der Waals surface area contributed by atoms with Crippen molar-refractivity contribution in [1.82, 2.24) is 14.8 Å². The van der Waals surface area contributed by atoms with Crippen molar-refractivity contribution < 1.29 is 0 Å². The molecule has 0 aliphatic rings. The second kappa shape index (κ2) is 4.23. The van der Waals surface area contributed by atoms with E-state index in [1.807, 2.05) is 30.3 Å². The van der Waals surface area contributed by atoms with Gasteiger partial charge in [0.2, 0.25) is 0 Å². The van der Waals surface area contributed by atoms with Crippen LogP contribution in [0.4, 0.5) is 10.8 Å². The highest BCUT2D eigenvalue weighted by Gasteiger charge is 2.08. The zero-order valence-electron chi connectivity index (χ0n) is 9.62. The van der Waals surface area contributed by atoms with Crippen LogP contribution in [0.3, 0.4) is 0 Å². The average molecular weight is 258 g/mol. The maximum Gasteiger partial charge on any atom is 0.286 e. The van der Waals surface area contributed by atoms with Crippen LogP contribution in [-0.4, -0.2) is 14.8 Å². The second-order valence-electron chi connectivity index (χ2n) is 3.80. The molecule has 0 saturated heterocycles. The van der Waals surface area contributed by atoms with Gasteiger partial charge in [0.15, 0.2) is 5.13 Å². The summed E-state index contributed by atoms with van der Waals surface area (Å²) in [4.78, 5) is 16.2. The molecule has 3 rings (SSSR count). The summed E-state index contributed by atoms with van der Waals surface area (Å²) in [6.07, 6.45) is 1.60. The lowest BCUT2D eigenvalue weighted by Crippen LogP contribution is -2.17. The maximum atomic E-state index is 11.8. The Morgan fingerprint density at radius 1 is 1.28 bits per heavy atom. The maximum absolute atomic E-state index is 11.8. The molecule has 0 spiro atoms. The van der Waals surface area contributed by atoms with E-state index in [2.05, 4.69) is 15.4 Å². The lowest BCUT2D eigenvalue weighted by Gasteiger charge is -1.99. The lowest BCUT2D eigenvalue weighted by molar-refractivity contribution is 0.719. The van der Waals surface area contributed by atoms with Crippen molar-refractivity contribution in [2.75, 3.05) is 5.32 Å². The molecule has 0 saturated carbocycles. The summed E-state index contributed by atoms with van der Waals surface area (Å²) in [5.74, 6) is 0. The van der Waals surface area contributed by atoms with Crippen molar-refractivity contribution in [3.63, 3.8) is 0 Å². The summed E-state index contributed by atoms with van der Waals surface area (Å²) in [7, 11) is 1.63. The van der Waals surface area contributed by atoms with Crippen LogP contribution < -0.4 is 10.9 Å². The van der Waals surface area contributed by atoms with E-state index in [0.717, 1.165) is 5.69 Å². The van der Waals surface area contributed by atoms with Crippen molar-refractivity contribution in [1.29, 1.82) is 0 Å². The van der Waals surface area contributed by atoms with Crippen LogP contribution in [0.15, 0.2) is 41.3 Å². The van der Waals surface area contributed by atoms with Crippen LogP contribution >= 0.6 is 11.3 Å². The van der Waals surface area contributed by atoms with E-state index in [4.69, 9.17) is 0 Å². The van der Waals surface area contributed by atoms with Gasteiger partial charge in [0.25, 0.3) is 5.56 Å². The van der Waals surface area contributed by atoms with Gasteiger partial charge in [-0.05, 0) is 12.1 Å². The predicted octanol–water partition coefficient (Wildman–Crippen LogP) is 2.13. The van der Waals surface area contributed by atoms with E-state index in [9.17, 15) is 4.79 Å². The van der Waals surface area contributed by atoms with Gasteiger partial charge >= 0.3 is 0 Å². The Balaban J connectivity index is 2.04. The van der Waals surface area contributed by atoms with E-state index < -0.39 is 0 Å². The predicted molar refractivity (Wildman–Crippen MR) is 72.4 cm³/mol. The molecular formula is C12H10N4OS. The van der Waals surface area contributed by atoms with Crippen molar-refractivity contribution in [3.05, 3.63) is 46.9 Å². The van der Waals surface area contributed by atoms with Gasteiger partial charge in [-0.25, -0.2) is 9.67 Å². The Morgan fingerprint density at radius 3 is 2.83 bits per heavy atom. The summed E-state index contributed by atoms with van der Waals surface area (Å²) >= 11 is 1.34. The van der Waals surface area contributed by atoms with E-state index in [-0.39, 0.29) is 5.56 Å². The highest BCUT2D eigenvalue weighted by atomic mass is 32.1. The highest BCUT2D eigenvalue weighted by Crippen LogP contribution is 2.25. The molecule has 1 aromatic carbocycles. The largest absolute Gasteiger partial charge is 0.332 e. The number of rotatable bonds is 2. The topological polar surface area (TPSA) is 59.8 Å². The van der Waals surface area contributed by atoms with Gasteiger partial charge < -0.3 is 5.32 Å². The standard InChI is InChI=1S/C12H10N4OS/c1-16-11(17)10-9(7-13-16)15-12(18-10)14-8-5-3-2-4-6-8/h2-7H,1H3,(H,14,15). The molecule has 90 valence electrons. The first kappa shape index (κ1) is 10.9. The number of aryl methyl sites for hydroxylation is 1. The SMILES string of the molecule is Cn1ncc2nc(Nc3ccccc3)sc2c1=O. The zero-order valence-corrected chi connectivity index (χ0v) is 10.4. The molecule has 5 nitrogen and oxygen atoms in total. The fourth-order valence-corrected chi connectivity index (χ4v) is 2.54. The van der Waals surface area contributed by atoms with Crippen LogP contribution in [0, 0.1) is 0 Å². The Hall–Kier alpha value is -2.21. The molecule has 0 unspecified atom stereocenters. The van der Waals surface area contributed by atoms with E-state index >= 15 is 0 Å². The molecule has 0 radical (unpaired) electrons. The lowest BCUT2D eigenvalue weighted by atomic mass is 10.3. The number of nitrogens with one attached hydrogen (secondary N) is 1. The molecular weight excluding hydrogens is 248 g/mol. The monoisotopic (exact) mass is 258 g/mol. The Morgan fingerprint density at radius 2 is 2.06 bits per heavy atom. The molecule has 0 atom stereocenters. The van der Waals surface area contributed by atoms with Gasteiger partial charge in [-0.15, -0.1) is 0 Å². The Kier molecular flexibility index (Phi) is 2.56. The van der Waals surface area contributed by atoms with Crippen molar-refractivity contribution in [2.45, 2.75) is 0 Å². The number of para-hydroxylation sites is 1. The van der Waals surface area contributed by atoms with Crippen LogP contribution in [0.2, 0.25) is 0 Å². The second-order valence-corrected chi connectivity index (χ2v) is 4.80. The highest BCUT2D eigenvalue weighted by molar-refractivity contribution is 7.22. The minimum atomic E-state index is -0.119. The van der Waals surface area contributed by atoms with E-state index in [1.165, 1.54) is 16.0 Å². The van der Waals surface area contributed by atoms with Crippen LogP contribution in [0.5, 0.6) is 0 Å². The minimum absolute atomic E-state index is 0.119. The van der Waals surface area contributed by atoms with Gasteiger partial charge in [0.05, 0.1) is 6.20 Å². The summed E-state index contributed by atoms with van der Waals surface area (Å²) in [5, 5.41) is 7.81. The van der Waals surface area contributed by atoms with Crippen molar-refractivity contribution in [2.24, 2.45) is 7.05 Å². The number of hydrogen-bond acceptors (Lipinski definition) is 5. The van der Waals surface area contributed by atoms with Gasteiger partial charge in [-0.1, -0.05) is 29.5 Å². The van der Waals surface area contributed by atoms with Crippen molar-refractivity contribution in [3.8, 4) is 0 Å². The molecule has 18 heavy (non-hydrogen) atoms. The van der Waals surface area contributed by atoms with Gasteiger partial charge in [0, 0.05) is 12.7 Å². The molecule has 1 N–H and O–H groups in total. The third-order valence-corrected chi connectivity index (χ3v) is 3.49. The number of nitrogens with zero attached hydrogens (tertiary/aromatic N) is 3. The fraction of sp³-hybridized carbons (Fsp3) is 0.0833. The Bertz CT molecular complexity index is 748. The molecule has 0 amide bonds. The number of aromatic nitrogens is 3. The number of fused-ring (bicyclic) bond motifs is 1. The zero-order chi connectivity index (χ0) is 12.5. The average Bonchev–Trinajstić information content (AvgIpc) is 2.79. The third kappa shape index (κ3) is 1.86. The molecule has 0 aliphatic carbocycles. The number of anilines is 2. The number of benzene rings is 1. The summed E-state index contributed by atoms with van der Waals surface area (Å²) in [5.41, 5.74) is 1.45. The molecule has 2 aromatic heterocycles. The van der Waals surface area contributed by atoms with Crippen LogP contribution in [-0.2, 0) is 7.05 Å². The quantitative estimate of drug-likeness (QED) is 0.765. The van der Waals surface area contributed by atoms with E-state index in [1.54, 1.807) is 13.2 Å². The molecule has 0 aliphatic heterocycles. The normalized spacial score (nSPS) is 10.7. The third-order valence-electron chi connectivity index (χ3n) is 2.52. The fourth-order valence-electron chi connectivity index (χ4n) is 1.61. The summed E-state index contributed by atoms with van der Waals surface area (Å²) < 4.78 is 1.93. The van der Waals surface area contributed by atoms with E-state index in [0.29, 0.717) is 15.3 Å². The molecule has 6 heteroatoms. The first-order valence-electron chi connectivity index (χ1n) is 5.39. The van der Waals surface area contributed by atoms with Crippen LogP contribution in [0.25, 0.3) is 10.2 Å². The number of thiazole rings is 1. The molecule has 3 aromatic rings. The Labute approximate surface area is 107 Å². The van der Waals surface area contributed by atoms with Gasteiger partial charge in [0.1, 0.15) is 10.2 Å². The van der Waals surface area contributed by atoms with Gasteiger partial charge in [-0.2, -0.15) is 5.10 Å². The van der Waals surface area contributed by atoms with Crippen molar-refractivity contribution >= 4 is 32.4 Å². The van der Waals surface area contributed by atoms with Crippen LogP contribution in [0.1, 0.15) is 0 Å². The minimum Gasteiger partial charge on any atom is -0.332 e. The smallest absolute Gasteiger partial charge is 0.286 e. The summed E-state index contributed by atoms with van der Waals surface area (Å²) in [6, 6.07) is 9.72. The number of hydrogen-bond donors (Lipinski definition) is 1. The summed E-state index contributed by atoms with van der Waals surface area (Å²) in [6.45, 7) is 0. The first-order valence-corrected chi connectivity index (χ1v) is 6.20. The molecule has 0 bridgehead atoms. The molecule has 2 heterocycles. The molecule has 0 fully saturated rings. The van der Waals surface area contributed by atoms with Gasteiger partial charge in [-0.3, -0.25) is 4.79 Å². The first-order chi connectivity index (χ1) is 8.74.